The number of hydrogen-bond acceptors (Lipinski definition) is 6. The molecule has 0 radical (unpaired) electrons. The number of carbonyl (C=O) groups is 1. The van der Waals surface area contributed by atoms with Gasteiger partial charge in [-0.05, 0) is 17.7 Å². The molecule has 1 atom stereocenters. The van der Waals surface area contributed by atoms with Crippen LogP contribution >= 0.6 is 0 Å². The van der Waals surface area contributed by atoms with Crippen LogP contribution in [0.4, 0.5) is 0 Å². The van der Waals surface area contributed by atoms with Gasteiger partial charge in [0.25, 0.3) is 5.91 Å². The summed E-state index contributed by atoms with van der Waals surface area (Å²) in [6.45, 7) is 2.30. The zero-order valence-electron chi connectivity index (χ0n) is 16.9. The van der Waals surface area contributed by atoms with Crippen LogP contribution in [0.25, 0.3) is 0 Å². The van der Waals surface area contributed by atoms with E-state index >= 15 is 0 Å². The highest BCUT2D eigenvalue weighted by Gasteiger charge is 2.30. The van der Waals surface area contributed by atoms with E-state index in [1.165, 1.54) is 21.3 Å². The Bertz CT molecular complexity index is 887. The first-order valence-corrected chi connectivity index (χ1v) is 9.41. The van der Waals surface area contributed by atoms with Gasteiger partial charge in [0.05, 0.1) is 33.0 Å². The van der Waals surface area contributed by atoms with E-state index in [1.54, 1.807) is 17.0 Å². The van der Waals surface area contributed by atoms with Crippen molar-refractivity contribution in [1.82, 2.24) is 9.80 Å². The summed E-state index contributed by atoms with van der Waals surface area (Å²) in [7, 11) is 4.55. The Morgan fingerprint density at radius 3 is 2.14 bits per heavy atom. The van der Waals surface area contributed by atoms with Crippen molar-refractivity contribution in [2.24, 2.45) is 0 Å². The van der Waals surface area contributed by atoms with Crippen LogP contribution in [0.1, 0.15) is 22.0 Å². The van der Waals surface area contributed by atoms with Gasteiger partial charge in [-0.2, -0.15) is 5.26 Å². The number of ether oxygens (including phenoxy) is 3. The van der Waals surface area contributed by atoms with Crippen LogP contribution in [0.3, 0.4) is 0 Å². The maximum absolute atomic E-state index is 13.1. The fourth-order valence-electron chi connectivity index (χ4n) is 3.63. The second kappa shape index (κ2) is 9.30. The van der Waals surface area contributed by atoms with E-state index in [1.807, 2.05) is 30.3 Å². The molecular weight excluding hydrogens is 370 g/mol. The molecule has 0 aromatic heterocycles. The molecule has 1 saturated heterocycles. The first-order valence-electron chi connectivity index (χ1n) is 9.41. The van der Waals surface area contributed by atoms with Gasteiger partial charge < -0.3 is 19.1 Å². The molecule has 1 heterocycles. The second-order valence-electron chi connectivity index (χ2n) is 6.65. The lowest BCUT2D eigenvalue weighted by atomic mass is 10.1. The number of nitriles is 1. The Kier molecular flexibility index (Phi) is 6.57. The summed E-state index contributed by atoms with van der Waals surface area (Å²) < 4.78 is 16.1. The number of methoxy groups -OCH3 is 3. The Morgan fingerprint density at radius 1 is 0.931 bits per heavy atom. The molecule has 7 heteroatoms. The molecule has 0 saturated carbocycles. The Labute approximate surface area is 171 Å². The van der Waals surface area contributed by atoms with Crippen LogP contribution in [0.15, 0.2) is 42.5 Å². The highest BCUT2D eigenvalue weighted by Crippen LogP contribution is 2.40. The van der Waals surface area contributed by atoms with E-state index < -0.39 is 0 Å². The fraction of sp³-hybridized carbons (Fsp3) is 0.364. The van der Waals surface area contributed by atoms with E-state index in [2.05, 4.69) is 11.0 Å². The number of benzene rings is 2. The molecule has 1 fully saturated rings. The number of piperazine rings is 1. The number of carbonyl (C=O) groups excluding carboxylic acids is 1. The molecule has 0 unspecified atom stereocenters. The quantitative estimate of drug-likeness (QED) is 0.749. The Balaban J connectivity index is 1.75. The predicted molar refractivity (Wildman–Crippen MR) is 108 cm³/mol. The van der Waals surface area contributed by atoms with Crippen molar-refractivity contribution in [3.8, 4) is 23.3 Å². The molecule has 2 aromatic rings. The number of amides is 1. The van der Waals surface area contributed by atoms with Crippen molar-refractivity contribution < 1.29 is 19.0 Å². The SMILES string of the molecule is COc1ccc(C(=O)N2CCN([C@@H](C#N)c3ccccc3)CC2)c(OC)c1OC. The summed E-state index contributed by atoms with van der Waals surface area (Å²) in [5, 5.41) is 9.65. The van der Waals surface area contributed by atoms with Crippen molar-refractivity contribution in [3.05, 3.63) is 53.6 Å². The number of rotatable bonds is 6. The van der Waals surface area contributed by atoms with Crippen LogP contribution in [0, 0.1) is 11.3 Å². The average molecular weight is 395 g/mol. The summed E-state index contributed by atoms with van der Waals surface area (Å²) in [6, 6.07) is 15.2. The van der Waals surface area contributed by atoms with E-state index in [4.69, 9.17) is 14.2 Å². The third kappa shape index (κ3) is 4.13. The van der Waals surface area contributed by atoms with Gasteiger partial charge in [0.15, 0.2) is 11.5 Å². The van der Waals surface area contributed by atoms with Gasteiger partial charge in [0, 0.05) is 26.2 Å². The van der Waals surface area contributed by atoms with E-state index in [-0.39, 0.29) is 11.9 Å². The van der Waals surface area contributed by atoms with E-state index in [0.29, 0.717) is 49.0 Å². The first-order chi connectivity index (χ1) is 14.1. The smallest absolute Gasteiger partial charge is 0.257 e. The van der Waals surface area contributed by atoms with E-state index in [9.17, 15) is 10.1 Å². The van der Waals surface area contributed by atoms with Crippen LogP contribution < -0.4 is 14.2 Å². The molecule has 1 amide bonds. The molecule has 152 valence electrons. The molecule has 29 heavy (non-hydrogen) atoms. The lowest BCUT2D eigenvalue weighted by molar-refractivity contribution is 0.0602. The highest BCUT2D eigenvalue weighted by molar-refractivity contribution is 5.98. The van der Waals surface area contributed by atoms with Crippen molar-refractivity contribution in [2.75, 3.05) is 47.5 Å². The summed E-state index contributed by atoms with van der Waals surface area (Å²) >= 11 is 0. The van der Waals surface area contributed by atoms with Crippen LogP contribution in [-0.2, 0) is 0 Å². The summed E-state index contributed by atoms with van der Waals surface area (Å²) in [5.41, 5.74) is 1.40. The molecule has 0 bridgehead atoms. The van der Waals surface area contributed by atoms with Crippen molar-refractivity contribution in [3.63, 3.8) is 0 Å². The van der Waals surface area contributed by atoms with Gasteiger partial charge in [0.1, 0.15) is 6.04 Å². The lowest BCUT2D eigenvalue weighted by Gasteiger charge is -2.37. The maximum atomic E-state index is 13.1. The first kappa shape index (κ1) is 20.5. The lowest BCUT2D eigenvalue weighted by Crippen LogP contribution is -2.49. The fourth-order valence-corrected chi connectivity index (χ4v) is 3.63. The van der Waals surface area contributed by atoms with Crippen molar-refractivity contribution in [2.45, 2.75) is 6.04 Å². The molecule has 0 aliphatic carbocycles. The van der Waals surface area contributed by atoms with Gasteiger partial charge >= 0.3 is 0 Å². The minimum atomic E-state index is -0.316. The zero-order valence-corrected chi connectivity index (χ0v) is 16.9. The zero-order chi connectivity index (χ0) is 20.8. The predicted octanol–water partition coefficient (Wildman–Crippen LogP) is 2.74. The van der Waals surface area contributed by atoms with Gasteiger partial charge in [-0.15, -0.1) is 0 Å². The highest BCUT2D eigenvalue weighted by atomic mass is 16.5. The third-order valence-electron chi connectivity index (χ3n) is 5.14. The minimum Gasteiger partial charge on any atom is -0.493 e. The number of hydrogen-bond donors (Lipinski definition) is 0. The molecule has 0 N–H and O–H groups in total. The monoisotopic (exact) mass is 395 g/mol. The van der Waals surface area contributed by atoms with E-state index in [0.717, 1.165) is 5.56 Å². The molecule has 1 aliphatic rings. The van der Waals surface area contributed by atoms with Crippen LogP contribution in [-0.4, -0.2) is 63.2 Å². The largest absolute Gasteiger partial charge is 0.493 e. The summed E-state index contributed by atoms with van der Waals surface area (Å²) in [6.07, 6.45) is 0. The van der Waals surface area contributed by atoms with Gasteiger partial charge in [0.2, 0.25) is 5.75 Å². The standard InChI is InChI=1S/C22H25N3O4/c1-27-19-10-9-17(20(28-2)21(19)29-3)22(26)25-13-11-24(12-14-25)18(15-23)16-7-5-4-6-8-16/h4-10,18H,11-14H2,1-3H3/t18-/m0/s1. The Hall–Kier alpha value is -3.24. The third-order valence-corrected chi connectivity index (χ3v) is 5.14. The molecule has 1 aliphatic heterocycles. The van der Waals surface area contributed by atoms with Gasteiger partial charge in [-0.1, -0.05) is 30.3 Å². The number of nitrogens with zero attached hydrogens (tertiary/aromatic N) is 3. The molecule has 2 aromatic carbocycles. The van der Waals surface area contributed by atoms with Crippen LogP contribution in [0.5, 0.6) is 17.2 Å². The normalized spacial score (nSPS) is 15.3. The molecule has 7 nitrogen and oxygen atoms in total. The van der Waals surface area contributed by atoms with Gasteiger partial charge in [-0.3, -0.25) is 9.69 Å². The second-order valence-corrected chi connectivity index (χ2v) is 6.65. The minimum absolute atomic E-state index is 0.129. The molecule has 0 spiro atoms. The van der Waals surface area contributed by atoms with Crippen molar-refractivity contribution in [1.29, 1.82) is 5.26 Å². The topological polar surface area (TPSA) is 75.0 Å². The Morgan fingerprint density at radius 2 is 1.59 bits per heavy atom. The van der Waals surface area contributed by atoms with Crippen molar-refractivity contribution >= 4 is 5.91 Å². The molecular formula is C22H25N3O4. The summed E-state index contributed by atoms with van der Waals surface area (Å²) in [4.78, 5) is 17.0. The van der Waals surface area contributed by atoms with Crippen LogP contribution in [0.2, 0.25) is 0 Å². The van der Waals surface area contributed by atoms with Gasteiger partial charge in [-0.25, -0.2) is 0 Å². The average Bonchev–Trinajstić information content (AvgIpc) is 2.79. The maximum Gasteiger partial charge on any atom is 0.257 e. The molecule has 3 rings (SSSR count). The summed E-state index contributed by atoms with van der Waals surface area (Å²) in [5.74, 6) is 1.13.